The van der Waals surface area contributed by atoms with Gasteiger partial charge in [0, 0.05) is 57.5 Å². The highest BCUT2D eigenvalue weighted by Crippen LogP contribution is 2.20. The molecular formula is C19H30N4O3. The van der Waals surface area contributed by atoms with E-state index in [1.54, 1.807) is 6.20 Å². The van der Waals surface area contributed by atoms with Crippen molar-refractivity contribution in [1.29, 1.82) is 0 Å². The quantitative estimate of drug-likeness (QED) is 0.742. The third-order valence-corrected chi connectivity index (χ3v) is 5.52. The molecule has 0 N–H and O–H groups in total. The normalized spacial score (nSPS) is 18.5. The number of hydrogen-bond donors (Lipinski definition) is 0. The second-order valence-electron chi connectivity index (χ2n) is 7.14. The summed E-state index contributed by atoms with van der Waals surface area (Å²) in [6, 6.07) is 0.204. The monoisotopic (exact) mass is 362 g/mol. The van der Waals surface area contributed by atoms with Crippen LogP contribution in [0.4, 0.5) is 0 Å². The Balaban J connectivity index is 1.68. The predicted molar refractivity (Wildman–Crippen MR) is 97.9 cm³/mol. The van der Waals surface area contributed by atoms with Crippen molar-refractivity contribution in [1.82, 2.24) is 19.6 Å². The first-order valence-corrected chi connectivity index (χ1v) is 9.80. The number of hydrogen-bond acceptors (Lipinski definition) is 4. The molecule has 1 aromatic rings. The largest absolute Gasteiger partial charge is 0.381 e. The van der Waals surface area contributed by atoms with Crippen molar-refractivity contribution in [3.63, 3.8) is 0 Å². The van der Waals surface area contributed by atoms with Crippen molar-refractivity contribution >= 4 is 11.8 Å². The van der Waals surface area contributed by atoms with Crippen molar-refractivity contribution in [2.45, 2.75) is 58.5 Å². The van der Waals surface area contributed by atoms with Crippen LogP contribution in [0.2, 0.25) is 0 Å². The van der Waals surface area contributed by atoms with Gasteiger partial charge in [0.05, 0.1) is 11.8 Å². The average molecular weight is 362 g/mol. The number of aromatic nitrogens is 2. The lowest BCUT2D eigenvalue weighted by molar-refractivity contribution is -0.127. The van der Waals surface area contributed by atoms with Gasteiger partial charge in [0.15, 0.2) is 0 Å². The van der Waals surface area contributed by atoms with Crippen LogP contribution in [0.5, 0.6) is 0 Å². The summed E-state index contributed by atoms with van der Waals surface area (Å²) in [5.74, 6) is 0.302. The molecule has 2 aliphatic heterocycles. The van der Waals surface area contributed by atoms with Crippen LogP contribution in [0.25, 0.3) is 0 Å². The van der Waals surface area contributed by atoms with E-state index in [1.807, 2.05) is 28.3 Å². The summed E-state index contributed by atoms with van der Waals surface area (Å²) in [5, 5.41) is 4.33. The van der Waals surface area contributed by atoms with Gasteiger partial charge in [0.1, 0.15) is 0 Å². The standard InChI is InChI=1S/C19H30N4O3/c1-3-23-15(2)17(14-20-23)19(25)22(16-7-12-26-13-8-16)11-5-10-21-9-4-6-18(21)24/h14,16H,3-13H2,1-2H3. The fourth-order valence-electron chi connectivity index (χ4n) is 3.95. The summed E-state index contributed by atoms with van der Waals surface area (Å²) in [6.07, 6.45) is 5.87. The zero-order valence-corrected chi connectivity index (χ0v) is 15.9. The second-order valence-corrected chi connectivity index (χ2v) is 7.14. The number of rotatable bonds is 7. The Labute approximate surface area is 155 Å². The average Bonchev–Trinajstić information content (AvgIpc) is 3.24. The van der Waals surface area contributed by atoms with E-state index in [9.17, 15) is 9.59 Å². The lowest BCUT2D eigenvalue weighted by Gasteiger charge is -2.34. The molecular weight excluding hydrogens is 332 g/mol. The van der Waals surface area contributed by atoms with Gasteiger partial charge in [-0.25, -0.2) is 0 Å². The molecule has 0 bridgehead atoms. The molecule has 26 heavy (non-hydrogen) atoms. The van der Waals surface area contributed by atoms with Crippen molar-refractivity contribution in [3.05, 3.63) is 17.5 Å². The predicted octanol–water partition coefficient (Wildman–Crippen LogP) is 1.85. The maximum Gasteiger partial charge on any atom is 0.257 e. The molecule has 0 aromatic carbocycles. The van der Waals surface area contributed by atoms with Crippen molar-refractivity contribution in [3.8, 4) is 0 Å². The van der Waals surface area contributed by atoms with Gasteiger partial charge in [-0.3, -0.25) is 14.3 Å². The van der Waals surface area contributed by atoms with Crippen LogP contribution in [0.15, 0.2) is 6.20 Å². The van der Waals surface area contributed by atoms with Gasteiger partial charge >= 0.3 is 0 Å². The number of likely N-dealkylation sites (tertiary alicyclic amines) is 1. The summed E-state index contributed by atoms with van der Waals surface area (Å²) >= 11 is 0. The molecule has 2 fully saturated rings. The molecule has 0 spiro atoms. The Kier molecular flexibility index (Phi) is 6.29. The number of carbonyl (C=O) groups is 2. The Morgan fingerprint density at radius 2 is 2.15 bits per heavy atom. The first kappa shape index (κ1) is 18.9. The van der Waals surface area contributed by atoms with E-state index >= 15 is 0 Å². The highest BCUT2D eigenvalue weighted by atomic mass is 16.5. The molecule has 7 heteroatoms. The molecule has 144 valence electrons. The molecule has 2 aliphatic rings. The first-order valence-electron chi connectivity index (χ1n) is 9.80. The third kappa shape index (κ3) is 4.09. The van der Waals surface area contributed by atoms with Crippen LogP contribution in [0.1, 0.15) is 55.1 Å². The fraction of sp³-hybridized carbons (Fsp3) is 0.737. The highest BCUT2D eigenvalue weighted by molar-refractivity contribution is 5.95. The SMILES string of the molecule is CCn1ncc(C(=O)N(CCCN2CCCC2=O)C2CCOCC2)c1C. The Morgan fingerprint density at radius 3 is 2.77 bits per heavy atom. The molecule has 3 rings (SSSR count). The summed E-state index contributed by atoms with van der Waals surface area (Å²) in [5.41, 5.74) is 1.61. The maximum atomic E-state index is 13.2. The molecule has 1 aromatic heterocycles. The first-order chi connectivity index (χ1) is 12.6. The molecule has 7 nitrogen and oxygen atoms in total. The number of carbonyl (C=O) groups excluding carboxylic acids is 2. The molecule has 0 unspecified atom stereocenters. The molecule has 0 radical (unpaired) electrons. The molecule has 0 atom stereocenters. The van der Waals surface area contributed by atoms with Crippen LogP contribution < -0.4 is 0 Å². The molecule has 0 saturated carbocycles. The van der Waals surface area contributed by atoms with Gasteiger partial charge < -0.3 is 14.5 Å². The second kappa shape index (κ2) is 8.66. The summed E-state index contributed by atoms with van der Waals surface area (Å²) in [7, 11) is 0. The van der Waals surface area contributed by atoms with Gasteiger partial charge in [-0.15, -0.1) is 0 Å². The molecule has 2 amide bonds. The van der Waals surface area contributed by atoms with Crippen LogP contribution in [-0.4, -0.2) is 70.3 Å². The van der Waals surface area contributed by atoms with Crippen LogP contribution in [0, 0.1) is 6.92 Å². The van der Waals surface area contributed by atoms with Gasteiger partial charge in [-0.1, -0.05) is 0 Å². The number of ether oxygens (including phenoxy) is 1. The minimum absolute atomic E-state index is 0.0573. The van der Waals surface area contributed by atoms with E-state index in [0.717, 1.165) is 51.0 Å². The summed E-state index contributed by atoms with van der Waals surface area (Å²) < 4.78 is 7.33. The van der Waals surface area contributed by atoms with E-state index in [-0.39, 0.29) is 17.9 Å². The zero-order valence-electron chi connectivity index (χ0n) is 15.9. The van der Waals surface area contributed by atoms with E-state index in [2.05, 4.69) is 5.10 Å². The highest BCUT2D eigenvalue weighted by Gasteiger charge is 2.29. The van der Waals surface area contributed by atoms with Gasteiger partial charge in [-0.05, 0) is 39.5 Å². The molecule has 3 heterocycles. The minimum atomic E-state index is 0.0573. The fourth-order valence-corrected chi connectivity index (χ4v) is 3.95. The Hall–Kier alpha value is -1.89. The number of aryl methyl sites for hydroxylation is 1. The Morgan fingerprint density at radius 1 is 1.38 bits per heavy atom. The minimum Gasteiger partial charge on any atom is -0.381 e. The van der Waals surface area contributed by atoms with E-state index < -0.39 is 0 Å². The lowest BCUT2D eigenvalue weighted by atomic mass is 10.0. The topological polar surface area (TPSA) is 67.7 Å². The van der Waals surface area contributed by atoms with Gasteiger partial charge in [-0.2, -0.15) is 5.10 Å². The summed E-state index contributed by atoms with van der Waals surface area (Å²) in [4.78, 5) is 29.0. The van der Waals surface area contributed by atoms with Gasteiger partial charge in [0.25, 0.3) is 5.91 Å². The molecule has 2 saturated heterocycles. The summed E-state index contributed by atoms with van der Waals surface area (Å²) in [6.45, 7) is 8.40. The van der Waals surface area contributed by atoms with Crippen molar-refractivity contribution in [2.24, 2.45) is 0 Å². The van der Waals surface area contributed by atoms with E-state index in [1.165, 1.54) is 0 Å². The smallest absolute Gasteiger partial charge is 0.257 e. The Bertz CT molecular complexity index is 637. The van der Waals surface area contributed by atoms with E-state index in [0.29, 0.717) is 31.7 Å². The zero-order chi connectivity index (χ0) is 18.5. The van der Waals surface area contributed by atoms with Crippen molar-refractivity contribution < 1.29 is 14.3 Å². The van der Waals surface area contributed by atoms with Crippen molar-refractivity contribution in [2.75, 3.05) is 32.8 Å². The van der Waals surface area contributed by atoms with Crippen LogP contribution in [0.3, 0.4) is 0 Å². The lowest BCUT2D eigenvalue weighted by Crippen LogP contribution is -2.45. The molecule has 0 aliphatic carbocycles. The maximum absolute atomic E-state index is 13.2. The third-order valence-electron chi connectivity index (χ3n) is 5.52. The van der Waals surface area contributed by atoms with Gasteiger partial charge in [0.2, 0.25) is 5.91 Å². The number of nitrogens with zero attached hydrogens (tertiary/aromatic N) is 4. The van der Waals surface area contributed by atoms with Crippen LogP contribution >= 0.6 is 0 Å². The van der Waals surface area contributed by atoms with Crippen LogP contribution in [-0.2, 0) is 16.1 Å². The number of amides is 2. The van der Waals surface area contributed by atoms with E-state index in [4.69, 9.17) is 4.74 Å².